The van der Waals surface area contributed by atoms with Gasteiger partial charge in [0.05, 0.1) is 4.90 Å². The zero-order valence-corrected chi connectivity index (χ0v) is 12.7. The summed E-state index contributed by atoms with van der Waals surface area (Å²) in [5.74, 6) is 0.0673. The molecule has 0 amide bonds. The molecule has 0 spiro atoms. The van der Waals surface area contributed by atoms with Gasteiger partial charge in [0, 0.05) is 6.54 Å². The lowest BCUT2D eigenvalue weighted by Crippen LogP contribution is -2.25. The highest BCUT2D eigenvalue weighted by Crippen LogP contribution is 2.49. The van der Waals surface area contributed by atoms with Crippen molar-refractivity contribution in [3.8, 4) is 0 Å². The third-order valence-corrected chi connectivity index (χ3v) is 4.97. The first-order chi connectivity index (χ1) is 9.36. The molecule has 1 aliphatic rings. The summed E-state index contributed by atoms with van der Waals surface area (Å²) in [5, 5.41) is 5.21. The normalized spacial score (nSPS) is 22.2. The number of hydrogen-bond donors (Lipinski definition) is 1. The van der Waals surface area contributed by atoms with Gasteiger partial charge in [-0.1, -0.05) is 13.8 Å². The quantitative estimate of drug-likeness (QED) is 0.873. The van der Waals surface area contributed by atoms with E-state index in [2.05, 4.69) is 18.7 Å². The van der Waals surface area contributed by atoms with Crippen LogP contribution in [0, 0.1) is 11.7 Å². The molecule has 0 saturated heterocycles. The van der Waals surface area contributed by atoms with Crippen LogP contribution < -0.4 is 5.14 Å². The lowest BCUT2D eigenvalue weighted by molar-refractivity contribution is 0.289. The minimum atomic E-state index is -3.80. The second-order valence-electron chi connectivity index (χ2n) is 5.32. The molecule has 112 valence electrons. The van der Waals surface area contributed by atoms with Gasteiger partial charge in [0.15, 0.2) is 0 Å². The molecule has 1 aliphatic carbocycles. The summed E-state index contributed by atoms with van der Waals surface area (Å²) >= 11 is 0. The van der Waals surface area contributed by atoms with E-state index in [1.807, 2.05) is 0 Å². The van der Waals surface area contributed by atoms with E-state index in [-0.39, 0.29) is 10.8 Å². The Kier molecular flexibility index (Phi) is 4.46. The van der Waals surface area contributed by atoms with Crippen LogP contribution in [0.3, 0.4) is 0 Å². The molecule has 2 rings (SSSR count). The van der Waals surface area contributed by atoms with Gasteiger partial charge in [0.2, 0.25) is 10.0 Å². The number of nitrogens with two attached hydrogens (primary N) is 1. The Morgan fingerprint density at radius 2 is 2.00 bits per heavy atom. The van der Waals surface area contributed by atoms with Gasteiger partial charge >= 0.3 is 0 Å². The van der Waals surface area contributed by atoms with Crippen LogP contribution in [0.1, 0.15) is 31.7 Å². The van der Waals surface area contributed by atoms with E-state index in [1.54, 1.807) is 0 Å². The van der Waals surface area contributed by atoms with Gasteiger partial charge < -0.3 is 4.90 Å². The monoisotopic (exact) mass is 300 g/mol. The molecule has 1 saturated carbocycles. The van der Waals surface area contributed by atoms with E-state index in [4.69, 9.17) is 5.14 Å². The van der Waals surface area contributed by atoms with Crippen molar-refractivity contribution in [3.05, 3.63) is 29.6 Å². The number of sulfonamides is 1. The average molecular weight is 300 g/mol. The summed E-state index contributed by atoms with van der Waals surface area (Å²) in [7, 11) is -3.80. The molecule has 2 unspecified atom stereocenters. The lowest BCUT2D eigenvalue weighted by Gasteiger charge is -2.18. The number of benzene rings is 1. The van der Waals surface area contributed by atoms with E-state index in [1.165, 1.54) is 12.1 Å². The molecule has 4 nitrogen and oxygen atoms in total. The summed E-state index contributed by atoms with van der Waals surface area (Å²) in [6.45, 7) is 7.03. The van der Waals surface area contributed by atoms with Crippen molar-refractivity contribution in [3.63, 3.8) is 0 Å². The maximum absolute atomic E-state index is 13.4. The predicted molar refractivity (Wildman–Crippen MR) is 76.4 cm³/mol. The molecule has 0 aromatic heterocycles. The Labute approximate surface area is 119 Å². The smallest absolute Gasteiger partial charge is 0.238 e. The first kappa shape index (κ1) is 15.4. The van der Waals surface area contributed by atoms with Crippen molar-refractivity contribution in [2.24, 2.45) is 11.1 Å². The zero-order valence-electron chi connectivity index (χ0n) is 11.8. The van der Waals surface area contributed by atoms with Gasteiger partial charge in [-0.2, -0.15) is 0 Å². The van der Waals surface area contributed by atoms with Crippen molar-refractivity contribution in [1.29, 1.82) is 0 Å². The fourth-order valence-electron chi connectivity index (χ4n) is 2.71. The maximum atomic E-state index is 13.4. The van der Waals surface area contributed by atoms with Crippen LogP contribution in [-0.2, 0) is 10.0 Å². The van der Waals surface area contributed by atoms with Gasteiger partial charge in [0.25, 0.3) is 0 Å². The highest BCUT2D eigenvalue weighted by Gasteiger charge is 2.41. The van der Waals surface area contributed by atoms with Gasteiger partial charge in [-0.3, -0.25) is 0 Å². The van der Waals surface area contributed by atoms with Crippen LogP contribution in [0.2, 0.25) is 0 Å². The summed E-state index contributed by atoms with van der Waals surface area (Å²) < 4.78 is 36.6. The first-order valence-electron chi connectivity index (χ1n) is 6.91. The standard InChI is InChI=1S/C14H21FN2O2S/c1-3-17(4-2)9-10-7-12(10)13-8-11(15)5-6-14(13)20(16,18)19/h5-6,8,10,12H,3-4,7,9H2,1-2H3,(H2,16,18,19). The number of hydrogen-bond acceptors (Lipinski definition) is 3. The lowest BCUT2D eigenvalue weighted by atomic mass is 10.1. The van der Waals surface area contributed by atoms with Gasteiger partial charge in [-0.15, -0.1) is 0 Å². The molecule has 0 aliphatic heterocycles. The van der Waals surface area contributed by atoms with E-state index in [0.29, 0.717) is 11.5 Å². The molecular formula is C14H21FN2O2S. The summed E-state index contributed by atoms with van der Waals surface area (Å²) in [4.78, 5) is 2.35. The topological polar surface area (TPSA) is 63.4 Å². The largest absolute Gasteiger partial charge is 0.304 e. The Bertz CT molecular complexity index is 585. The van der Waals surface area contributed by atoms with Crippen molar-refractivity contribution >= 4 is 10.0 Å². The summed E-state index contributed by atoms with van der Waals surface area (Å²) in [6.07, 6.45) is 0.891. The number of halogens is 1. The highest BCUT2D eigenvalue weighted by atomic mass is 32.2. The summed E-state index contributed by atoms with van der Waals surface area (Å²) in [5.41, 5.74) is 0.532. The predicted octanol–water partition coefficient (Wildman–Crippen LogP) is 1.92. The molecule has 0 radical (unpaired) electrons. The summed E-state index contributed by atoms with van der Waals surface area (Å²) in [6, 6.07) is 3.73. The van der Waals surface area contributed by atoms with Crippen LogP contribution >= 0.6 is 0 Å². The first-order valence-corrected chi connectivity index (χ1v) is 8.46. The minimum Gasteiger partial charge on any atom is -0.304 e. The number of nitrogens with zero attached hydrogens (tertiary/aromatic N) is 1. The van der Waals surface area contributed by atoms with Crippen LogP contribution in [0.4, 0.5) is 4.39 Å². The Morgan fingerprint density at radius 1 is 1.35 bits per heavy atom. The fourth-order valence-corrected chi connectivity index (χ4v) is 3.51. The molecular weight excluding hydrogens is 279 g/mol. The van der Waals surface area contributed by atoms with E-state index < -0.39 is 15.8 Å². The minimum absolute atomic E-state index is 0.0611. The van der Waals surface area contributed by atoms with E-state index in [0.717, 1.165) is 32.1 Å². The molecule has 20 heavy (non-hydrogen) atoms. The molecule has 0 heterocycles. The Hall–Kier alpha value is -0.980. The Balaban J connectivity index is 2.21. The van der Waals surface area contributed by atoms with E-state index in [9.17, 15) is 12.8 Å². The van der Waals surface area contributed by atoms with Gasteiger partial charge in [-0.05, 0) is 55.1 Å². The van der Waals surface area contributed by atoms with E-state index >= 15 is 0 Å². The van der Waals surface area contributed by atoms with Crippen LogP contribution in [0.15, 0.2) is 23.1 Å². The third-order valence-electron chi connectivity index (χ3n) is 3.99. The van der Waals surface area contributed by atoms with Crippen LogP contribution in [0.5, 0.6) is 0 Å². The van der Waals surface area contributed by atoms with Crippen LogP contribution in [0.25, 0.3) is 0 Å². The molecule has 1 aromatic rings. The second-order valence-corrected chi connectivity index (χ2v) is 6.85. The Morgan fingerprint density at radius 3 is 2.55 bits per heavy atom. The number of primary sulfonamides is 1. The fraction of sp³-hybridized carbons (Fsp3) is 0.571. The molecule has 1 aromatic carbocycles. The van der Waals surface area contributed by atoms with Crippen molar-refractivity contribution in [2.75, 3.05) is 19.6 Å². The molecule has 2 N–H and O–H groups in total. The molecule has 6 heteroatoms. The van der Waals surface area contributed by atoms with Crippen LogP contribution in [-0.4, -0.2) is 33.0 Å². The molecule has 1 fully saturated rings. The number of rotatable bonds is 6. The third kappa shape index (κ3) is 3.37. The van der Waals surface area contributed by atoms with Crippen molar-refractivity contribution in [2.45, 2.75) is 31.1 Å². The molecule has 0 bridgehead atoms. The average Bonchev–Trinajstić information content (AvgIpc) is 3.13. The second kappa shape index (κ2) is 5.79. The maximum Gasteiger partial charge on any atom is 0.238 e. The van der Waals surface area contributed by atoms with Gasteiger partial charge in [0.1, 0.15) is 5.82 Å². The van der Waals surface area contributed by atoms with Crippen molar-refractivity contribution in [1.82, 2.24) is 4.90 Å². The zero-order chi connectivity index (χ0) is 14.9. The van der Waals surface area contributed by atoms with Gasteiger partial charge in [-0.25, -0.2) is 17.9 Å². The molecule has 2 atom stereocenters. The highest BCUT2D eigenvalue weighted by molar-refractivity contribution is 7.89. The van der Waals surface area contributed by atoms with Crippen molar-refractivity contribution < 1.29 is 12.8 Å². The SMILES string of the molecule is CCN(CC)CC1CC1c1cc(F)ccc1S(N)(=O)=O.